The lowest BCUT2D eigenvalue weighted by Crippen LogP contribution is -2.47. The molecule has 1 aromatic heterocycles. The molecule has 2 fully saturated rings. The zero-order valence-electron chi connectivity index (χ0n) is 16.4. The van der Waals surface area contributed by atoms with Crippen LogP contribution in [-0.4, -0.2) is 37.2 Å². The second-order valence-electron chi connectivity index (χ2n) is 7.82. The summed E-state index contributed by atoms with van der Waals surface area (Å²) in [4.78, 5) is 20.2. The first-order valence-corrected chi connectivity index (χ1v) is 10.4. The van der Waals surface area contributed by atoms with Gasteiger partial charge in [-0.2, -0.15) is 0 Å². The fraction of sp³-hybridized carbons (Fsp3) is 0.478. The summed E-state index contributed by atoms with van der Waals surface area (Å²) in [6, 6.07) is 14.3. The van der Waals surface area contributed by atoms with E-state index in [1.807, 2.05) is 24.4 Å². The minimum absolute atomic E-state index is 0.0853. The molecule has 2 saturated heterocycles. The Morgan fingerprint density at radius 3 is 2.46 bits per heavy atom. The molecule has 1 N–H and O–H groups in total. The van der Waals surface area contributed by atoms with Gasteiger partial charge in [-0.1, -0.05) is 36.4 Å². The Labute approximate surface area is 167 Å². The lowest BCUT2D eigenvalue weighted by atomic mass is 9.73. The van der Waals surface area contributed by atoms with Crippen LogP contribution in [0.4, 0.5) is 5.82 Å². The third-order valence-corrected chi connectivity index (χ3v) is 6.05. The van der Waals surface area contributed by atoms with E-state index in [1.165, 1.54) is 19.3 Å². The molecule has 0 spiro atoms. The molecule has 0 saturated carbocycles. The number of rotatable bonds is 5. The number of benzene rings is 1. The number of nitrogens with one attached hydrogen (secondary N) is 1. The zero-order chi connectivity index (χ0) is 19.2. The molecule has 0 radical (unpaired) electrons. The molecule has 1 aromatic carbocycles. The maximum absolute atomic E-state index is 13.2. The number of anilines is 1. The molecule has 2 aliphatic rings. The van der Waals surface area contributed by atoms with Gasteiger partial charge in [-0.15, -0.1) is 0 Å². The molecule has 4 rings (SSSR count). The zero-order valence-corrected chi connectivity index (χ0v) is 16.4. The van der Waals surface area contributed by atoms with Crippen LogP contribution in [0.2, 0.25) is 0 Å². The van der Waals surface area contributed by atoms with E-state index < -0.39 is 5.41 Å². The van der Waals surface area contributed by atoms with Gasteiger partial charge >= 0.3 is 0 Å². The van der Waals surface area contributed by atoms with Crippen molar-refractivity contribution >= 4 is 11.7 Å². The molecular formula is C23H29N3O2. The molecule has 0 atom stereocenters. The Morgan fingerprint density at radius 1 is 1.04 bits per heavy atom. The van der Waals surface area contributed by atoms with Gasteiger partial charge in [-0.05, 0) is 49.3 Å². The van der Waals surface area contributed by atoms with Gasteiger partial charge in [0.2, 0.25) is 5.91 Å². The third-order valence-electron chi connectivity index (χ3n) is 6.05. The van der Waals surface area contributed by atoms with Crippen LogP contribution in [0.3, 0.4) is 0 Å². The number of hydrogen-bond acceptors (Lipinski definition) is 4. The van der Waals surface area contributed by atoms with Crippen molar-refractivity contribution in [2.24, 2.45) is 0 Å². The summed E-state index contributed by atoms with van der Waals surface area (Å²) < 4.78 is 5.54. The summed E-state index contributed by atoms with van der Waals surface area (Å²) in [5.41, 5.74) is 1.61. The molecule has 5 nitrogen and oxygen atoms in total. The Kier molecular flexibility index (Phi) is 5.91. The third kappa shape index (κ3) is 4.04. The van der Waals surface area contributed by atoms with Crippen LogP contribution < -0.4 is 10.2 Å². The molecule has 3 heterocycles. The number of hydrogen-bond donors (Lipinski definition) is 1. The fourth-order valence-electron chi connectivity index (χ4n) is 4.31. The molecule has 28 heavy (non-hydrogen) atoms. The van der Waals surface area contributed by atoms with Crippen LogP contribution in [0, 0.1) is 0 Å². The summed E-state index contributed by atoms with van der Waals surface area (Å²) in [7, 11) is 0. The number of piperidine rings is 1. The number of carbonyl (C=O) groups is 1. The minimum Gasteiger partial charge on any atom is -0.381 e. The van der Waals surface area contributed by atoms with Crippen LogP contribution in [0.15, 0.2) is 48.7 Å². The average molecular weight is 380 g/mol. The van der Waals surface area contributed by atoms with Gasteiger partial charge in [0.15, 0.2) is 0 Å². The highest BCUT2D eigenvalue weighted by Crippen LogP contribution is 2.35. The van der Waals surface area contributed by atoms with Crippen molar-refractivity contribution in [3.05, 3.63) is 59.8 Å². The van der Waals surface area contributed by atoms with Gasteiger partial charge in [0.05, 0.1) is 5.41 Å². The first-order chi connectivity index (χ1) is 13.8. The van der Waals surface area contributed by atoms with Crippen molar-refractivity contribution in [2.45, 2.75) is 44.1 Å². The van der Waals surface area contributed by atoms with E-state index in [0.717, 1.165) is 42.9 Å². The highest BCUT2D eigenvalue weighted by molar-refractivity contribution is 5.88. The lowest BCUT2D eigenvalue weighted by molar-refractivity contribution is -0.130. The SMILES string of the molecule is O=C(NCc1ccc(N2CCCCC2)nc1)C1(c2ccccc2)CCOCC1. The summed E-state index contributed by atoms with van der Waals surface area (Å²) in [6.07, 6.45) is 7.12. The Bertz CT molecular complexity index is 764. The number of nitrogens with zero attached hydrogens (tertiary/aromatic N) is 2. The first-order valence-electron chi connectivity index (χ1n) is 10.4. The van der Waals surface area contributed by atoms with E-state index in [1.54, 1.807) is 0 Å². The molecule has 2 aromatic rings. The highest BCUT2D eigenvalue weighted by Gasteiger charge is 2.41. The average Bonchev–Trinajstić information content (AvgIpc) is 2.79. The number of carbonyl (C=O) groups excluding carboxylic acids is 1. The molecule has 1 amide bonds. The largest absolute Gasteiger partial charge is 0.381 e. The molecule has 2 aliphatic heterocycles. The van der Waals surface area contributed by atoms with E-state index in [4.69, 9.17) is 4.74 Å². The second-order valence-corrected chi connectivity index (χ2v) is 7.82. The summed E-state index contributed by atoms with van der Waals surface area (Å²) in [5.74, 6) is 1.13. The predicted molar refractivity (Wildman–Crippen MR) is 110 cm³/mol. The Hall–Kier alpha value is -2.40. The van der Waals surface area contributed by atoms with Crippen molar-refractivity contribution in [1.82, 2.24) is 10.3 Å². The quantitative estimate of drug-likeness (QED) is 0.865. The van der Waals surface area contributed by atoms with Crippen LogP contribution >= 0.6 is 0 Å². The van der Waals surface area contributed by atoms with Gasteiger partial charge < -0.3 is 15.0 Å². The minimum atomic E-state index is -0.499. The van der Waals surface area contributed by atoms with E-state index in [-0.39, 0.29) is 5.91 Å². The first kappa shape index (κ1) is 18.9. The maximum Gasteiger partial charge on any atom is 0.231 e. The molecule has 0 aliphatic carbocycles. The van der Waals surface area contributed by atoms with Crippen LogP contribution in [-0.2, 0) is 21.5 Å². The molecule has 148 valence electrons. The lowest BCUT2D eigenvalue weighted by Gasteiger charge is -2.36. The smallest absolute Gasteiger partial charge is 0.231 e. The molecular weight excluding hydrogens is 350 g/mol. The predicted octanol–water partition coefficient (Wildman–Crippen LogP) is 3.44. The van der Waals surface area contributed by atoms with Gasteiger partial charge in [0, 0.05) is 39.0 Å². The topological polar surface area (TPSA) is 54.5 Å². The Balaban J connectivity index is 1.42. The standard InChI is InChI=1S/C23H29N3O2/c27-22(23(11-15-28-16-12-23)20-7-3-1-4-8-20)25-18-19-9-10-21(24-17-19)26-13-5-2-6-14-26/h1,3-4,7-10,17H,2,5-6,11-16,18H2,(H,25,27). The molecule has 0 unspecified atom stereocenters. The second kappa shape index (κ2) is 8.74. The number of aromatic nitrogens is 1. The molecule has 0 bridgehead atoms. The van der Waals surface area contributed by atoms with Crippen molar-refractivity contribution < 1.29 is 9.53 Å². The van der Waals surface area contributed by atoms with E-state index >= 15 is 0 Å². The van der Waals surface area contributed by atoms with Gasteiger partial charge in [0.1, 0.15) is 5.82 Å². The van der Waals surface area contributed by atoms with Crippen LogP contribution in [0.5, 0.6) is 0 Å². The number of pyridine rings is 1. The van der Waals surface area contributed by atoms with E-state index in [0.29, 0.717) is 19.8 Å². The van der Waals surface area contributed by atoms with Crippen molar-refractivity contribution in [1.29, 1.82) is 0 Å². The van der Waals surface area contributed by atoms with E-state index in [9.17, 15) is 4.79 Å². The van der Waals surface area contributed by atoms with Gasteiger partial charge in [0.25, 0.3) is 0 Å². The Morgan fingerprint density at radius 2 is 1.79 bits per heavy atom. The van der Waals surface area contributed by atoms with Gasteiger partial charge in [-0.25, -0.2) is 4.98 Å². The number of ether oxygens (including phenoxy) is 1. The van der Waals surface area contributed by atoms with Gasteiger partial charge in [-0.3, -0.25) is 4.79 Å². The van der Waals surface area contributed by atoms with Crippen LogP contribution in [0.25, 0.3) is 0 Å². The molecule has 5 heteroatoms. The van der Waals surface area contributed by atoms with E-state index in [2.05, 4.69) is 39.5 Å². The summed E-state index contributed by atoms with van der Waals surface area (Å²) in [5, 5.41) is 3.16. The summed E-state index contributed by atoms with van der Waals surface area (Å²) in [6.45, 7) is 3.92. The van der Waals surface area contributed by atoms with Crippen LogP contribution in [0.1, 0.15) is 43.2 Å². The maximum atomic E-state index is 13.2. The normalized spacial score (nSPS) is 19.2. The number of amides is 1. The fourth-order valence-corrected chi connectivity index (χ4v) is 4.31. The van der Waals surface area contributed by atoms with Crippen molar-refractivity contribution in [2.75, 3.05) is 31.2 Å². The van der Waals surface area contributed by atoms with Crippen molar-refractivity contribution in [3.63, 3.8) is 0 Å². The van der Waals surface area contributed by atoms with Crippen molar-refractivity contribution in [3.8, 4) is 0 Å². The highest BCUT2D eigenvalue weighted by atomic mass is 16.5. The summed E-state index contributed by atoms with van der Waals surface area (Å²) >= 11 is 0. The monoisotopic (exact) mass is 379 g/mol.